The molecule has 106 valence electrons. The molecule has 0 aliphatic carbocycles. The highest BCUT2D eigenvalue weighted by Gasteiger charge is 2.37. The highest BCUT2D eigenvalue weighted by Crippen LogP contribution is 2.27. The van der Waals surface area contributed by atoms with Crippen LogP contribution in [-0.4, -0.2) is 48.3 Å². The molecule has 1 aromatic rings. The third-order valence-corrected chi connectivity index (χ3v) is 4.43. The Bertz CT molecular complexity index is 413. The van der Waals surface area contributed by atoms with Gasteiger partial charge in [-0.05, 0) is 45.0 Å². The molecule has 0 bridgehead atoms. The molecule has 1 unspecified atom stereocenters. The number of hydrogen-bond acceptors (Lipinski definition) is 3. The second kappa shape index (κ2) is 5.51. The van der Waals surface area contributed by atoms with Crippen molar-refractivity contribution in [2.24, 2.45) is 0 Å². The van der Waals surface area contributed by atoms with Crippen molar-refractivity contribution in [2.75, 3.05) is 31.6 Å². The van der Waals surface area contributed by atoms with Gasteiger partial charge in [-0.2, -0.15) is 0 Å². The van der Waals surface area contributed by atoms with Gasteiger partial charge in [-0.3, -0.25) is 4.90 Å². The Morgan fingerprint density at radius 2 is 1.89 bits per heavy atom. The number of anilines is 1. The van der Waals surface area contributed by atoms with E-state index in [1.807, 2.05) is 0 Å². The average molecular weight is 262 g/mol. The lowest BCUT2D eigenvalue weighted by atomic mass is 9.95. The van der Waals surface area contributed by atoms with E-state index in [1.165, 1.54) is 11.3 Å². The van der Waals surface area contributed by atoms with E-state index in [2.05, 4.69) is 61.9 Å². The number of rotatable bonds is 3. The topological polar surface area (TPSA) is 26.7 Å². The molecule has 1 heterocycles. The van der Waals surface area contributed by atoms with Crippen LogP contribution in [-0.2, 0) is 6.42 Å². The molecule has 0 amide bonds. The van der Waals surface area contributed by atoms with Gasteiger partial charge in [-0.1, -0.05) is 19.1 Å². The van der Waals surface area contributed by atoms with Crippen LogP contribution in [0.25, 0.3) is 0 Å². The highest BCUT2D eigenvalue weighted by atomic mass is 16.3. The molecule has 3 nitrogen and oxygen atoms in total. The zero-order chi connectivity index (χ0) is 14.0. The molecule has 3 heteroatoms. The zero-order valence-corrected chi connectivity index (χ0v) is 12.6. The Hall–Kier alpha value is -1.06. The third-order valence-electron chi connectivity index (χ3n) is 4.43. The minimum Gasteiger partial charge on any atom is -0.395 e. The van der Waals surface area contributed by atoms with Crippen LogP contribution in [0, 0.1) is 0 Å². The van der Waals surface area contributed by atoms with Crippen LogP contribution in [0.1, 0.15) is 26.3 Å². The zero-order valence-electron chi connectivity index (χ0n) is 12.6. The fourth-order valence-corrected chi connectivity index (χ4v) is 2.83. The summed E-state index contributed by atoms with van der Waals surface area (Å²) in [5.74, 6) is 0. The quantitative estimate of drug-likeness (QED) is 0.904. The predicted octanol–water partition coefficient (Wildman–Crippen LogP) is 2.14. The molecule has 0 radical (unpaired) electrons. The molecule has 19 heavy (non-hydrogen) atoms. The molecule has 0 aromatic heterocycles. The molecule has 1 saturated heterocycles. The normalized spacial score (nSPS) is 23.6. The summed E-state index contributed by atoms with van der Waals surface area (Å²) in [4.78, 5) is 4.68. The summed E-state index contributed by atoms with van der Waals surface area (Å²) in [6.45, 7) is 8.75. The first-order valence-corrected chi connectivity index (χ1v) is 7.15. The van der Waals surface area contributed by atoms with Crippen molar-refractivity contribution in [2.45, 2.75) is 38.8 Å². The molecule has 1 aliphatic rings. The molecular weight excluding hydrogens is 236 g/mol. The number of aliphatic hydroxyl groups excluding tert-OH is 1. The summed E-state index contributed by atoms with van der Waals surface area (Å²) < 4.78 is 0. The summed E-state index contributed by atoms with van der Waals surface area (Å²) in [7, 11) is 2.11. The summed E-state index contributed by atoms with van der Waals surface area (Å²) in [5, 5.41) is 9.57. The summed E-state index contributed by atoms with van der Waals surface area (Å²) in [5.41, 5.74) is 2.71. The van der Waals surface area contributed by atoms with E-state index < -0.39 is 0 Å². The van der Waals surface area contributed by atoms with Gasteiger partial charge >= 0.3 is 0 Å². The monoisotopic (exact) mass is 262 g/mol. The number of piperazine rings is 1. The van der Waals surface area contributed by atoms with E-state index in [4.69, 9.17) is 0 Å². The van der Waals surface area contributed by atoms with Gasteiger partial charge in [0.05, 0.1) is 12.6 Å². The van der Waals surface area contributed by atoms with E-state index >= 15 is 0 Å². The van der Waals surface area contributed by atoms with Gasteiger partial charge in [-0.15, -0.1) is 0 Å². The Morgan fingerprint density at radius 3 is 2.42 bits per heavy atom. The van der Waals surface area contributed by atoms with Crippen molar-refractivity contribution in [1.82, 2.24) is 4.90 Å². The molecule has 0 spiro atoms. The largest absolute Gasteiger partial charge is 0.395 e. The lowest BCUT2D eigenvalue weighted by molar-refractivity contribution is 0.0455. The first-order chi connectivity index (χ1) is 8.97. The SMILES string of the molecule is CCc1ccc(N2CC(CO)N(C)C(C)(C)C2)cc1. The van der Waals surface area contributed by atoms with Gasteiger partial charge in [0.2, 0.25) is 0 Å². The first-order valence-electron chi connectivity index (χ1n) is 7.15. The van der Waals surface area contributed by atoms with Crippen molar-refractivity contribution in [1.29, 1.82) is 0 Å². The van der Waals surface area contributed by atoms with E-state index in [9.17, 15) is 5.11 Å². The number of likely N-dealkylation sites (N-methyl/N-ethyl adjacent to an activating group) is 1. The highest BCUT2D eigenvalue weighted by molar-refractivity contribution is 5.49. The van der Waals surface area contributed by atoms with Crippen LogP contribution in [0.2, 0.25) is 0 Å². The van der Waals surface area contributed by atoms with E-state index in [-0.39, 0.29) is 18.2 Å². The maximum atomic E-state index is 9.57. The van der Waals surface area contributed by atoms with Gasteiger partial charge in [0.1, 0.15) is 0 Å². The molecule has 1 aromatic carbocycles. The second-order valence-corrected chi connectivity index (χ2v) is 6.16. The smallest absolute Gasteiger partial charge is 0.0604 e. The minimum atomic E-state index is 0.0784. The first kappa shape index (κ1) is 14.4. The number of aliphatic hydroxyl groups is 1. The number of hydrogen-bond donors (Lipinski definition) is 1. The van der Waals surface area contributed by atoms with E-state index in [0.717, 1.165) is 19.5 Å². The van der Waals surface area contributed by atoms with E-state index in [0.29, 0.717) is 0 Å². The van der Waals surface area contributed by atoms with Gasteiger partial charge in [0.25, 0.3) is 0 Å². The van der Waals surface area contributed by atoms with Crippen molar-refractivity contribution < 1.29 is 5.11 Å². The summed E-state index contributed by atoms with van der Waals surface area (Å²) in [6.07, 6.45) is 1.08. The molecule has 1 atom stereocenters. The van der Waals surface area contributed by atoms with Crippen molar-refractivity contribution in [3.8, 4) is 0 Å². The fourth-order valence-electron chi connectivity index (χ4n) is 2.83. The van der Waals surface area contributed by atoms with Crippen LogP contribution in [0.5, 0.6) is 0 Å². The molecule has 1 aliphatic heterocycles. The summed E-state index contributed by atoms with van der Waals surface area (Å²) >= 11 is 0. The fraction of sp³-hybridized carbons (Fsp3) is 0.625. The van der Waals surface area contributed by atoms with Gasteiger partial charge in [0, 0.05) is 24.3 Å². The number of aryl methyl sites for hydroxylation is 1. The number of benzene rings is 1. The lowest BCUT2D eigenvalue weighted by Crippen LogP contribution is -2.63. The maximum absolute atomic E-state index is 9.57. The predicted molar refractivity (Wildman–Crippen MR) is 80.7 cm³/mol. The van der Waals surface area contributed by atoms with Crippen LogP contribution < -0.4 is 4.90 Å². The van der Waals surface area contributed by atoms with Gasteiger partial charge < -0.3 is 10.0 Å². The molecule has 1 N–H and O–H groups in total. The Balaban J connectivity index is 2.19. The second-order valence-electron chi connectivity index (χ2n) is 6.16. The molecule has 0 saturated carbocycles. The van der Waals surface area contributed by atoms with Crippen LogP contribution in [0.3, 0.4) is 0 Å². The summed E-state index contributed by atoms with van der Waals surface area (Å²) in [6, 6.07) is 9.02. The van der Waals surface area contributed by atoms with Gasteiger partial charge in [-0.25, -0.2) is 0 Å². The molecule has 2 rings (SSSR count). The van der Waals surface area contributed by atoms with Crippen LogP contribution >= 0.6 is 0 Å². The van der Waals surface area contributed by atoms with Crippen molar-refractivity contribution in [3.05, 3.63) is 29.8 Å². The minimum absolute atomic E-state index is 0.0784. The van der Waals surface area contributed by atoms with Crippen molar-refractivity contribution in [3.63, 3.8) is 0 Å². The van der Waals surface area contributed by atoms with Crippen LogP contribution in [0.15, 0.2) is 24.3 Å². The molecular formula is C16H26N2O. The molecule has 1 fully saturated rings. The third kappa shape index (κ3) is 2.93. The van der Waals surface area contributed by atoms with Crippen molar-refractivity contribution >= 4 is 5.69 Å². The Labute approximate surface area is 116 Å². The van der Waals surface area contributed by atoms with Gasteiger partial charge in [0.15, 0.2) is 0 Å². The maximum Gasteiger partial charge on any atom is 0.0604 e. The average Bonchev–Trinajstić information content (AvgIpc) is 2.41. The Kier molecular flexibility index (Phi) is 4.16. The number of nitrogens with zero attached hydrogens (tertiary/aromatic N) is 2. The van der Waals surface area contributed by atoms with Crippen LogP contribution in [0.4, 0.5) is 5.69 Å². The van der Waals surface area contributed by atoms with E-state index in [1.54, 1.807) is 0 Å². The lowest BCUT2D eigenvalue weighted by Gasteiger charge is -2.50. The standard InChI is InChI=1S/C16H26N2O/c1-5-13-6-8-14(9-7-13)18-10-15(11-19)17(4)16(2,3)12-18/h6-9,15,19H,5,10-12H2,1-4H3. The Morgan fingerprint density at radius 1 is 1.26 bits per heavy atom.